The smallest absolute Gasteiger partial charge is 0.330 e. The van der Waals surface area contributed by atoms with Crippen molar-refractivity contribution < 1.29 is 14.6 Å². The van der Waals surface area contributed by atoms with E-state index < -0.39 is 12.1 Å². The summed E-state index contributed by atoms with van der Waals surface area (Å²) in [5.41, 5.74) is 2.33. The average molecular weight is 344 g/mol. The number of esters is 1. The first-order valence-electron chi connectivity index (χ1n) is 7.17. The second kappa shape index (κ2) is 6.33. The highest BCUT2D eigenvalue weighted by atomic mass is 35.5. The summed E-state index contributed by atoms with van der Waals surface area (Å²) in [5.74, 6) is -0.512. The minimum Gasteiger partial charge on any atom is -0.506 e. The van der Waals surface area contributed by atoms with Crippen molar-refractivity contribution >= 4 is 28.6 Å². The molecule has 122 valence electrons. The number of carbonyl (C=O) groups is 1. The lowest BCUT2D eigenvalue weighted by atomic mass is 10.1. The zero-order valence-corrected chi connectivity index (χ0v) is 13.6. The second-order valence-corrected chi connectivity index (χ2v) is 5.59. The van der Waals surface area contributed by atoms with E-state index in [1.165, 1.54) is 10.9 Å². The van der Waals surface area contributed by atoms with E-state index in [0.717, 1.165) is 6.08 Å². The number of phenols is 1. The number of hydrogen-bond donors (Lipinski definition) is 1. The summed E-state index contributed by atoms with van der Waals surface area (Å²) in [6.45, 7) is 5.10. The third-order valence-electron chi connectivity index (χ3n) is 3.49. The number of benzene rings is 2. The Balaban J connectivity index is 2.01. The number of aromatic nitrogens is 3. The first-order chi connectivity index (χ1) is 11.5. The van der Waals surface area contributed by atoms with Crippen LogP contribution in [0.1, 0.15) is 18.6 Å². The largest absolute Gasteiger partial charge is 0.506 e. The lowest BCUT2D eigenvalue weighted by molar-refractivity contribution is -0.142. The van der Waals surface area contributed by atoms with Gasteiger partial charge in [-0.15, -0.1) is 15.0 Å². The highest BCUT2D eigenvalue weighted by Crippen LogP contribution is 2.27. The minimum absolute atomic E-state index is 0.00685. The fourth-order valence-corrected chi connectivity index (χ4v) is 2.41. The normalized spacial score (nSPS) is 12.1. The predicted molar refractivity (Wildman–Crippen MR) is 90.2 cm³/mol. The van der Waals surface area contributed by atoms with Gasteiger partial charge in [0, 0.05) is 11.1 Å². The van der Waals surface area contributed by atoms with Gasteiger partial charge in [-0.25, -0.2) is 4.79 Å². The molecule has 0 fully saturated rings. The number of fused-ring (bicyclic) bond motifs is 1. The summed E-state index contributed by atoms with van der Waals surface area (Å²) in [6.07, 6.45) is 0.595. The number of carbonyl (C=O) groups excluding carboxylic acids is 1. The summed E-state index contributed by atoms with van der Waals surface area (Å²) in [7, 11) is 0. The third kappa shape index (κ3) is 3.09. The van der Waals surface area contributed by atoms with Gasteiger partial charge in [-0.2, -0.15) is 0 Å². The highest BCUT2D eigenvalue weighted by molar-refractivity contribution is 6.31. The van der Waals surface area contributed by atoms with Gasteiger partial charge in [0.15, 0.2) is 0 Å². The molecule has 6 nitrogen and oxygen atoms in total. The van der Waals surface area contributed by atoms with Gasteiger partial charge in [0.25, 0.3) is 0 Å². The first-order valence-corrected chi connectivity index (χ1v) is 7.54. The highest BCUT2D eigenvalue weighted by Gasteiger charge is 2.15. The van der Waals surface area contributed by atoms with Crippen molar-refractivity contribution in [2.45, 2.75) is 13.0 Å². The fraction of sp³-hybridized carbons (Fsp3) is 0.118. The minimum atomic E-state index is -0.519. The molecule has 2 aromatic carbocycles. The maximum atomic E-state index is 11.3. The predicted octanol–water partition coefficient (Wildman–Crippen LogP) is 3.57. The van der Waals surface area contributed by atoms with E-state index in [0.29, 0.717) is 27.3 Å². The SMILES string of the molecule is C=CC(=O)OC(C)c1ccc(O)c(-n2nc3ccc(Cl)cc3n2)c1. The molecule has 0 aliphatic carbocycles. The fourth-order valence-electron chi connectivity index (χ4n) is 2.24. The molecule has 0 saturated heterocycles. The number of hydrogen-bond acceptors (Lipinski definition) is 5. The Morgan fingerprint density at radius 2 is 2.04 bits per heavy atom. The molecule has 1 aromatic heterocycles. The van der Waals surface area contributed by atoms with E-state index in [1.807, 2.05) is 0 Å². The van der Waals surface area contributed by atoms with Crippen LogP contribution in [0.3, 0.4) is 0 Å². The second-order valence-electron chi connectivity index (χ2n) is 5.15. The monoisotopic (exact) mass is 343 g/mol. The molecule has 0 saturated carbocycles. The molecule has 0 spiro atoms. The van der Waals surface area contributed by atoms with Gasteiger partial charge in [-0.05, 0) is 42.8 Å². The van der Waals surface area contributed by atoms with Gasteiger partial charge < -0.3 is 9.84 Å². The number of aromatic hydroxyl groups is 1. The van der Waals surface area contributed by atoms with Gasteiger partial charge >= 0.3 is 5.97 Å². The van der Waals surface area contributed by atoms with Crippen molar-refractivity contribution in [3.63, 3.8) is 0 Å². The summed E-state index contributed by atoms with van der Waals surface area (Å²) < 4.78 is 5.18. The molecule has 1 heterocycles. The molecule has 3 aromatic rings. The van der Waals surface area contributed by atoms with E-state index in [4.69, 9.17) is 16.3 Å². The Morgan fingerprint density at radius 3 is 2.79 bits per heavy atom. The van der Waals surface area contributed by atoms with Crippen molar-refractivity contribution in [1.29, 1.82) is 0 Å². The third-order valence-corrected chi connectivity index (χ3v) is 3.72. The molecule has 1 N–H and O–H groups in total. The standard InChI is InChI=1S/C17H14ClN3O3/c1-3-17(23)24-10(2)11-4-7-16(22)15(8-11)21-19-13-6-5-12(18)9-14(13)20-21/h3-10,22H,1H2,2H3. The van der Waals surface area contributed by atoms with Gasteiger partial charge in [-0.3, -0.25) is 0 Å². The van der Waals surface area contributed by atoms with Crippen LogP contribution in [0.2, 0.25) is 5.02 Å². The molecule has 1 unspecified atom stereocenters. The Hall–Kier alpha value is -2.86. The number of nitrogens with zero attached hydrogens (tertiary/aromatic N) is 3. The maximum Gasteiger partial charge on any atom is 0.330 e. The van der Waals surface area contributed by atoms with E-state index in [9.17, 15) is 9.90 Å². The Kier molecular flexibility index (Phi) is 4.22. The van der Waals surface area contributed by atoms with Crippen LogP contribution >= 0.6 is 11.6 Å². The molecule has 0 aliphatic rings. The molecule has 24 heavy (non-hydrogen) atoms. The zero-order chi connectivity index (χ0) is 17.3. The molecular weight excluding hydrogens is 330 g/mol. The number of phenolic OH excluding ortho intramolecular Hbond substituents is 1. The van der Waals surface area contributed by atoms with Crippen LogP contribution in [0.4, 0.5) is 0 Å². The molecule has 7 heteroatoms. The van der Waals surface area contributed by atoms with Crippen LogP contribution in [-0.4, -0.2) is 26.1 Å². The van der Waals surface area contributed by atoms with Crippen molar-refractivity contribution in [3.05, 3.63) is 59.6 Å². The molecule has 0 radical (unpaired) electrons. The van der Waals surface area contributed by atoms with Crippen LogP contribution in [0.5, 0.6) is 5.75 Å². The maximum absolute atomic E-state index is 11.3. The van der Waals surface area contributed by atoms with Gasteiger partial charge in [0.1, 0.15) is 28.6 Å². The molecule has 0 aliphatic heterocycles. The van der Waals surface area contributed by atoms with Crippen molar-refractivity contribution in [1.82, 2.24) is 15.0 Å². The summed E-state index contributed by atoms with van der Waals surface area (Å²) in [6, 6.07) is 9.99. The van der Waals surface area contributed by atoms with Crippen LogP contribution in [-0.2, 0) is 9.53 Å². The van der Waals surface area contributed by atoms with Crippen LogP contribution in [0, 0.1) is 0 Å². The lowest BCUT2D eigenvalue weighted by Crippen LogP contribution is -2.07. The van der Waals surface area contributed by atoms with Crippen molar-refractivity contribution in [2.24, 2.45) is 0 Å². The molecule has 3 rings (SSSR count). The molecule has 1 atom stereocenters. The van der Waals surface area contributed by atoms with Crippen LogP contribution in [0.25, 0.3) is 16.7 Å². The Bertz CT molecular complexity index is 936. The summed E-state index contributed by atoms with van der Waals surface area (Å²) >= 11 is 5.95. The molecule has 0 bridgehead atoms. The topological polar surface area (TPSA) is 77.2 Å². The van der Waals surface area contributed by atoms with Crippen LogP contribution < -0.4 is 0 Å². The zero-order valence-electron chi connectivity index (χ0n) is 12.8. The van der Waals surface area contributed by atoms with Gasteiger partial charge in [0.2, 0.25) is 0 Å². The van der Waals surface area contributed by atoms with Crippen LogP contribution in [0.15, 0.2) is 49.1 Å². The van der Waals surface area contributed by atoms with Crippen molar-refractivity contribution in [2.75, 3.05) is 0 Å². The van der Waals surface area contributed by atoms with Gasteiger partial charge in [0.05, 0.1) is 0 Å². The number of ether oxygens (including phenoxy) is 1. The molecular formula is C17H14ClN3O3. The van der Waals surface area contributed by atoms with E-state index in [2.05, 4.69) is 16.8 Å². The number of rotatable bonds is 4. The summed E-state index contributed by atoms with van der Waals surface area (Å²) in [4.78, 5) is 12.7. The van der Waals surface area contributed by atoms with Crippen molar-refractivity contribution in [3.8, 4) is 11.4 Å². The van der Waals surface area contributed by atoms with E-state index in [-0.39, 0.29) is 5.75 Å². The average Bonchev–Trinajstić information content (AvgIpc) is 2.97. The summed E-state index contributed by atoms with van der Waals surface area (Å²) in [5, 5.41) is 19.3. The lowest BCUT2D eigenvalue weighted by Gasteiger charge is -2.13. The Labute approximate surface area is 142 Å². The first kappa shape index (κ1) is 16.0. The van der Waals surface area contributed by atoms with E-state index in [1.54, 1.807) is 37.3 Å². The molecule has 0 amide bonds. The Morgan fingerprint density at radius 1 is 1.29 bits per heavy atom. The van der Waals surface area contributed by atoms with Gasteiger partial charge in [-0.1, -0.05) is 24.2 Å². The quantitative estimate of drug-likeness (QED) is 0.579. The van der Waals surface area contributed by atoms with E-state index >= 15 is 0 Å². The number of halogens is 1.